The van der Waals surface area contributed by atoms with Gasteiger partial charge in [-0.25, -0.2) is 0 Å². The van der Waals surface area contributed by atoms with Gasteiger partial charge in [0.2, 0.25) is 0 Å². The van der Waals surface area contributed by atoms with Crippen LogP contribution in [-0.4, -0.2) is 6.54 Å². The van der Waals surface area contributed by atoms with Crippen LogP contribution in [-0.2, 0) is 0 Å². The molecule has 0 amide bonds. The van der Waals surface area contributed by atoms with Crippen LogP contribution in [0.25, 0.3) is 0 Å². The SMILES string of the molecule is CC1CCC(NCCC2CCCCC2)c2ccccc21. The van der Waals surface area contributed by atoms with E-state index in [4.69, 9.17) is 0 Å². The first kappa shape index (κ1) is 14.1. The Balaban J connectivity index is 1.54. The van der Waals surface area contributed by atoms with E-state index in [1.165, 1.54) is 57.9 Å². The van der Waals surface area contributed by atoms with Gasteiger partial charge in [-0.2, -0.15) is 0 Å². The van der Waals surface area contributed by atoms with Crippen LogP contribution in [0.4, 0.5) is 0 Å². The van der Waals surface area contributed by atoms with Crippen molar-refractivity contribution in [3.05, 3.63) is 35.4 Å². The summed E-state index contributed by atoms with van der Waals surface area (Å²) in [6.07, 6.45) is 11.4. The first-order valence-corrected chi connectivity index (χ1v) is 8.67. The molecule has 1 fully saturated rings. The average molecular weight is 271 g/mol. The number of fused-ring (bicyclic) bond motifs is 1. The maximum Gasteiger partial charge on any atom is 0.0323 e. The molecule has 2 aliphatic carbocycles. The molecule has 0 radical (unpaired) electrons. The number of hydrogen-bond acceptors (Lipinski definition) is 1. The van der Waals surface area contributed by atoms with Gasteiger partial charge in [0, 0.05) is 6.04 Å². The molecule has 1 aromatic rings. The second-order valence-electron chi connectivity index (χ2n) is 6.91. The molecule has 1 N–H and O–H groups in total. The molecule has 110 valence electrons. The van der Waals surface area contributed by atoms with E-state index >= 15 is 0 Å². The molecule has 3 rings (SSSR count). The fourth-order valence-corrected chi connectivity index (χ4v) is 4.15. The highest BCUT2D eigenvalue weighted by atomic mass is 14.9. The van der Waals surface area contributed by atoms with Gasteiger partial charge in [0.25, 0.3) is 0 Å². The molecule has 1 aromatic carbocycles. The van der Waals surface area contributed by atoms with Crippen molar-refractivity contribution >= 4 is 0 Å². The van der Waals surface area contributed by atoms with Gasteiger partial charge in [-0.05, 0) is 48.8 Å². The van der Waals surface area contributed by atoms with Gasteiger partial charge in [0.15, 0.2) is 0 Å². The summed E-state index contributed by atoms with van der Waals surface area (Å²) < 4.78 is 0. The first-order chi connectivity index (χ1) is 9.84. The van der Waals surface area contributed by atoms with Crippen LogP contribution in [0.15, 0.2) is 24.3 Å². The smallest absolute Gasteiger partial charge is 0.0323 e. The Hall–Kier alpha value is -0.820. The fourth-order valence-electron chi connectivity index (χ4n) is 4.15. The van der Waals surface area contributed by atoms with Crippen LogP contribution < -0.4 is 5.32 Å². The zero-order valence-corrected chi connectivity index (χ0v) is 12.9. The lowest BCUT2D eigenvalue weighted by molar-refractivity contribution is 0.322. The standard InChI is InChI=1S/C19H29N/c1-15-11-12-19(18-10-6-5-9-17(15)18)20-14-13-16-7-3-2-4-8-16/h5-6,9-10,15-16,19-20H,2-4,7-8,11-14H2,1H3. The van der Waals surface area contributed by atoms with E-state index in [2.05, 4.69) is 36.5 Å². The molecule has 1 nitrogen and oxygen atoms in total. The van der Waals surface area contributed by atoms with Gasteiger partial charge in [0.05, 0.1) is 0 Å². The van der Waals surface area contributed by atoms with E-state index < -0.39 is 0 Å². The number of nitrogens with one attached hydrogen (secondary N) is 1. The minimum Gasteiger partial charge on any atom is -0.310 e. The Morgan fingerprint density at radius 3 is 2.50 bits per heavy atom. The minimum atomic E-state index is 0.603. The summed E-state index contributed by atoms with van der Waals surface area (Å²) in [5.41, 5.74) is 3.14. The number of rotatable bonds is 4. The Labute approximate surface area is 124 Å². The topological polar surface area (TPSA) is 12.0 Å². The molecule has 2 unspecified atom stereocenters. The van der Waals surface area contributed by atoms with Crippen LogP contribution in [0.5, 0.6) is 0 Å². The Morgan fingerprint density at radius 2 is 1.70 bits per heavy atom. The average Bonchev–Trinajstić information content (AvgIpc) is 2.51. The largest absolute Gasteiger partial charge is 0.310 e. The van der Waals surface area contributed by atoms with Crippen molar-refractivity contribution in [2.24, 2.45) is 5.92 Å². The molecule has 0 heterocycles. The summed E-state index contributed by atoms with van der Waals surface area (Å²) in [4.78, 5) is 0. The van der Waals surface area contributed by atoms with E-state index in [0.29, 0.717) is 6.04 Å². The number of hydrogen-bond donors (Lipinski definition) is 1. The second-order valence-corrected chi connectivity index (χ2v) is 6.91. The fraction of sp³-hybridized carbons (Fsp3) is 0.684. The van der Waals surface area contributed by atoms with Gasteiger partial charge < -0.3 is 5.32 Å². The summed E-state index contributed by atoms with van der Waals surface area (Å²) >= 11 is 0. The maximum atomic E-state index is 3.85. The van der Waals surface area contributed by atoms with E-state index in [-0.39, 0.29) is 0 Å². The quantitative estimate of drug-likeness (QED) is 0.795. The van der Waals surface area contributed by atoms with Crippen LogP contribution >= 0.6 is 0 Å². The van der Waals surface area contributed by atoms with E-state index in [1.54, 1.807) is 11.1 Å². The third kappa shape index (κ3) is 3.25. The van der Waals surface area contributed by atoms with Crippen molar-refractivity contribution < 1.29 is 0 Å². The van der Waals surface area contributed by atoms with Crippen LogP contribution in [0, 0.1) is 5.92 Å². The molecule has 0 saturated heterocycles. The number of benzene rings is 1. The summed E-state index contributed by atoms with van der Waals surface area (Å²) in [5.74, 6) is 1.73. The monoisotopic (exact) mass is 271 g/mol. The summed E-state index contributed by atoms with van der Waals surface area (Å²) in [5, 5.41) is 3.85. The molecule has 20 heavy (non-hydrogen) atoms. The maximum absolute atomic E-state index is 3.85. The van der Waals surface area contributed by atoms with Crippen molar-refractivity contribution in [2.75, 3.05) is 6.54 Å². The van der Waals surface area contributed by atoms with Gasteiger partial charge in [0.1, 0.15) is 0 Å². The summed E-state index contributed by atoms with van der Waals surface area (Å²) in [6.45, 7) is 3.58. The van der Waals surface area contributed by atoms with Gasteiger partial charge in [-0.3, -0.25) is 0 Å². The zero-order chi connectivity index (χ0) is 13.8. The van der Waals surface area contributed by atoms with Gasteiger partial charge >= 0.3 is 0 Å². The van der Waals surface area contributed by atoms with Crippen molar-refractivity contribution in [1.29, 1.82) is 0 Å². The molecule has 1 saturated carbocycles. The molecule has 2 aliphatic rings. The lowest BCUT2D eigenvalue weighted by Crippen LogP contribution is -2.28. The molecule has 0 spiro atoms. The lowest BCUT2D eigenvalue weighted by atomic mass is 9.81. The van der Waals surface area contributed by atoms with E-state index in [0.717, 1.165) is 11.8 Å². The third-order valence-electron chi connectivity index (χ3n) is 5.46. The normalized spacial score (nSPS) is 27.2. The van der Waals surface area contributed by atoms with Crippen molar-refractivity contribution in [1.82, 2.24) is 5.32 Å². The van der Waals surface area contributed by atoms with Crippen LogP contribution in [0.3, 0.4) is 0 Å². The Morgan fingerprint density at radius 1 is 0.950 bits per heavy atom. The van der Waals surface area contributed by atoms with Crippen LogP contribution in [0.2, 0.25) is 0 Å². The van der Waals surface area contributed by atoms with E-state index in [1.807, 2.05) is 0 Å². The highest BCUT2D eigenvalue weighted by Crippen LogP contribution is 2.37. The minimum absolute atomic E-state index is 0.603. The highest BCUT2D eigenvalue weighted by Gasteiger charge is 2.24. The van der Waals surface area contributed by atoms with Crippen LogP contribution in [0.1, 0.15) is 81.4 Å². The van der Waals surface area contributed by atoms with Gasteiger partial charge in [-0.1, -0.05) is 63.3 Å². The molecule has 1 heteroatoms. The zero-order valence-electron chi connectivity index (χ0n) is 12.9. The third-order valence-corrected chi connectivity index (χ3v) is 5.46. The first-order valence-electron chi connectivity index (χ1n) is 8.67. The summed E-state index contributed by atoms with van der Waals surface area (Å²) in [6, 6.07) is 9.66. The second kappa shape index (κ2) is 6.76. The molecule has 2 atom stereocenters. The van der Waals surface area contributed by atoms with E-state index in [9.17, 15) is 0 Å². The van der Waals surface area contributed by atoms with Crippen molar-refractivity contribution in [3.63, 3.8) is 0 Å². The highest BCUT2D eigenvalue weighted by molar-refractivity contribution is 5.34. The molecule has 0 aromatic heterocycles. The van der Waals surface area contributed by atoms with Gasteiger partial charge in [-0.15, -0.1) is 0 Å². The Kier molecular flexibility index (Phi) is 4.77. The van der Waals surface area contributed by atoms with Crippen molar-refractivity contribution in [3.8, 4) is 0 Å². The molecular formula is C19H29N. The predicted molar refractivity (Wildman–Crippen MR) is 86.0 cm³/mol. The lowest BCUT2D eigenvalue weighted by Gasteiger charge is -2.31. The molecule has 0 bridgehead atoms. The predicted octanol–water partition coefficient (Wildman–Crippen LogP) is 5.19. The Bertz CT molecular complexity index is 420. The molecule has 0 aliphatic heterocycles. The molecular weight excluding hydrogens is 242 g/mol. The van der Waals surface area contributed by atoms with Crippen molar-refractivity contribution in [2.45, 2.75) is 70.3 Å². The summed E-state index contributed by atoms with van der Waals surface area (Å²) in [7, 11) is 0.